The number of hydrogen-bond donors (Lipinski definition) is 4. The van der Waals surface area contributed by atoms with Crippen molar-refractivity contribution in [3.8, 4) is 0 Å². The first-order chi connectivity index (χ1) is 9.06. The summed E-state index contributed by atoms with van der Waals surface area (Å²) >= 11 is 1.68. The summed E-state index contributed by atoms with van der Waals surface area (Å²) in [6.45, 7) is 2.64. The SMILES string of the molecule is Cc1sccc1CN1c2nc(N)[nH]c(=O)c2NC1N. The van der Waals surface area contributed by atoms with E-state index in [-0.39, 0.29) is 11.5 Å². The van der Waals surface area contributed by atoms with Crippen molar-refractivity contribution in [2.45, 2.75) is 19.8 Å². The number of nitrogen functional groups attached to an aromatic ring is 1. The Balaban J connectivity index is 2.01. The molecule has 19 heavy (non-hydrogen) atoms. The molecule has 3 rings (SSSR count). The molecule has 0 radical (unpaired) electrons. The van der Waals surface area contributed by atoms with Crippen LogP contribution in [0.15, 0.2) is 16.2 Å². The number of nitrogens with two attached hydrogens (primary N) is 2. The summed E-state index contributed by atoms with van der Waals surface area (Å²) in [5.41, 5.74) is 12.8. The summed E-state index contributed by atoms with van der Waals surface area (Å²) in [4.78, 5) is 21.4. The van der Waals surface area contributed by atoms with Crippen LogP contribution in [0.3, 0.4) is 0 Å². The van der Waals surface area contributed by atoms with Crippen LogP contribution in [0.1, 0.15) is 10.4 Å². The van der Waals surface area contributed by atoms with Crippen LogP contribution < -0.4 is 27.2 Å². The van der Waals surface area contributed by atoms with Gasteiger partial charge in [-0.15, -0.1) is 11.3 Å². The minimum Gasteiger partial charge on any atom is -0.369 e. The zero-order valence-electron chi connectivity index (χ0n) is 10.3. The minimum atomic E-state index is -0.482. The fourth-order valence-electron chi connectivity index (χ4n) is 2.11. The second-order valence-electron chi connectivity index (χ2n) is 4.37. The molecule has 6 N–H and O–H groups in total. The van der Waals surface area contributed by atoms with Crippen molar-refractivity contribution in [3.63, 3.8) is 0 Å². The number of nitrogens with zero attached hydrogens (tertiary/aromatic N) is 2. The monoisotopic (exact) mass is 278 g/mol. The fraction of sp³-hybridized carbons (Fsp3) is 0.273. The van der Waals surface area contributed by atoms with Crippen LogP contribution in [-0.2, 0) is 6.54 Å². The lowest BCUT2D eigenvalue weighted by Crippen LogP contribution is -2.43. The highest BCUT2D eigenvalue weighted by Gasteiger charge is 2.30. The lowest BCUT2D eigenvalue weighted by molar-refractivity contribution is 0.691. The number of thiophene rings is 1. The molecule has 0 aromatic carbocycles. The summed E-state index contributed by atoms with van der Waals surface area (Å²) in [6, 6.07) is 2.04. The normalized spacial score (nSPS) is 17.4. The molecule has 1 unspecified atom stereocenters. The highest BCUT2D eigenvalue weighted by atomic mass is 32.1. The number of fused-ring (bicyclic) bond motifs is 1. The molecule has 0 saturated heterocycles. The second-order valence-corrected chi connectivity index (χ2v) is 5.49. The molecule has 1 atom stereocenters. The van der Waals surface area contributed by atoms with E-state index in [1.54, 1.807) is 11.3 Å². The molecular weight excluding hydrogens is 264 g/mol. The van der Waals surface area contributed by atoms with E-state index in [1.165, 1.54) is 4.88 Å². The second kappa shape index (κ2) is 4.25. The molecule has 8 heteroatoms. The maximum atomic E-state index is 11.8. The van der Waals surface area contributed by atoms with Crippen LogP contribution in [0, 0.1) is 6.92 Å². The van der Waals surface area contributed by atoms with Gasteiger partial charge in [0.25, 0.3) is 5.56 Å². The van der Waals surface area contributed by atoms with Gasteiger partial charge in [0.15, 0.2) is 12.1 Å². The number of hydrogen-bond acceptors (Lipinski definition) is 7. The molecule has 0 aliphatic carbocycles. The summed E-state index contributed by atoms with van der Waals surface area (Å²) < 4.78 is 0. The topological polar surface area (TPSA) is 113 Å². The third kappa shape index (κ3) is 1.94. The molecule has 0 fully saturated rings. The zero-order chi connectivity index (χ0) is 13.6. The van der Waals surface area contributed by atoms with Crippen molar-refractivity contribution in [2.75, 3.05) is 16.0 Å². The van der Waals surface area contributed by atoms with Crippen LogP contribution in [0.2, 0.25) is 0 Å². The number of nitrogens with one attached hydrogen (secondary N) is 2. The maximum absolute atomic E-state index is 11.8. The van der Waals surface area contributed by atoms with Gasteiger partial charge in [0.05, 0.1) is 0 Å². The largest absolute Gasteiger partial charge is 0.369 e. The van der Waals surface area contributed by atoms with E-state index >= 15 is 0 Å². The van der Waals surface area contributed by atoms with E-state index < -0.39 is 6.29 Å². The Morgan fingerprint density at radius 1 is 1.58 bits per heavy atom. The van der Waals surface area contributed by atoms with Crippen molar-refractivity contribution < 1.29 is 0 Å². The first-order valence-electron chi connectivity index (χ1n) is 5.78. The Hall–Kier alpha value is -2.06. The number of aryl methyl sites for hydroxylation is 1. The average Bonchev–Trinajstić information content (AvgIpc) is 2.87. The van der Waals surface area contributed by atoms with Crippen molar-refractivity contribution >= 4 is 28.8 Å². The van der Waals surface area contributed by atoms with Gasteiger partial charge in [-0.2, -0.15) is 4.98 Å². The highest BCUT2D eigenvalue weighted by Crippen LogP contribution is 2.30. The van der Waals surface area contributed by atoms with E-state index in [4.69, 9.17) is 11.5 Å². The molecule has 2 aromatic rings. The Morgan fingerprint density at radius 3 is 3.05 bits per heavy atom. The molecule has 3 heterocycles. The average molecular weight is 278 g/mol. The van der Waals surface area contributed by atoms with Gasteiger partial charge in [0.1, 0.15) is 5.69 Å². The lowest BCUT2D eigenvalue weighted by Gasteiger charge is -2.22. The number of aromatic amines is 1. The van der Waals surface area contributed by atoms with Crippen LogP contribution in [0.5, 0.6) is 0 Å². The molecule has 1 aliphatic rings. The van der Waals surface area contributed by atoms with Crippen LogP contribution in [0.4, 0.5) is 17.5 Å². The predicted molar refractivity (Wildman–Crippen MR) is 76.1 cm³/mol. The minimum absolute atomic E-state index is 0.0895. The van der Waals surface area contributed by atoms with E-state index in [2.05, 4.69) is 22.2 Å². The van der Waals surface area contributed by atoms with E-state index in [0.717, 1.165) is 5.56 Å². The molecule has 2 aromatic heterocycles. The van der Waals surface area contributed by atoms with Gasteiger partial charge >= 0.3 is 0 Å². The summed E-state index contributed by atoms with van der Waals surface area (Å²) in [5.74, 6) is 0.589. The van der Waals surface area contributed by atoms with Crippen LogP contribution >= 0.6 is 11.3 Å². The van der Waals surface area contributed by atoms with Gasteiger partial charge in [0, 0.05) is 11.4 Å². The molecule has 100 valence electrons. The summed E-state index contributed by atoms with van der Waals surface area (Å²) in [5, 5.41) is 4.95. The van der Waals surface area contributed by atoms with E-state index in [9.17, 15) is 4.79 Å². The van der Waals surface area contributed by atoms with Gasteiger partial charge in [-0.3, -0.25) is 15.5 Å². The standard InChI is InChI=1S/C11H14N6OS/c1-5-6(2-3-19-5)4-17-8-7(14-11(17)13)9(18)16-10(12)15-8/h2-3,11,14H,4,13H2,1H3,(H3,12,15,16,18). The fourth-order valence-corrected chi connectivity index (χ4v) is 2.83. The smallest absolute Gasteiger partial charge is 0.277 e. The third-order valence-corrected chi connectivity index (χ3v) is 4.01. The third-order valence-electron chi connectivity index (χ3n) is 3.13. The van der Waals surface area contributed by atoms with Gasteiger partial charge in [-0.1, -0.05) is 0 Å². The first kappa shape index (κ1) is 12.0. The number of rotatable bonds is 2. The number of aromatic nitrogens is 2. The van der Waals surface area contributed by atoms with Gasteiger partial charge < -0.3 is 16.0 Å². The molecular formula is C11H14N6OS. The first-order valence-corrected chi connectivity index (χ1v) is 6.66. The molecule has 7 nitrogen and oxygen atoms in total. The zero-order valence-corrected chi connectivity index (χ0v) is 11.1. The molecule has 0 spiro atoms. The highest BCUT2D eigenvalue weighted by molar-refractivity contribution is 7.10. The van der Waals surface area contributed by atoms with Crippen LogP contribution in [-0.4, -0.2) is 16.3 Å². The van der Waals surface area contributed by atoms with E-state index in [1.807, 2.05) is 16.3 Å². The predicted octanol–water partition coefficient (Wildman–Crippen LogP) is 0.396. The van der Waals surface area contributed by atoms with Crippen molar-refractivity contribution in [2.24, 2.45) is 5.73 Å². The van der Waals surface area contributed by atoms with Gasteiger partial charge in [-0.05, 0) is 23.9 Å². The Kier molecular flexibility index (Phi) is 2.68. The Morgan fingerprint density at radius 2 is 2.37 bits per heavy atom. The molecule has 0 saturated carbocycles. The lowest BCUT2D eigenvalue weighted by atomic mass is 10.2. The maximum Gasteiger partial charge on any atom is 0.277 e. The van der Waals surface area contributed by atoms with Crippen LogP contribution in [0.25, 0.3) is 0 Å². The molecule has 0 bridgehead atoms. The number of H-pyrrole nitrogens is 1. The van der Waals surface area contributed by atoms with E-state index in [0.29, 0.717) is 18.1 Å². The quantitative estimate of drug-likeness (QED) is 0.632. The van der Waals surface area contributed by atoms with Crippen molar-refractivity contribution in [1.82, 2.24) is 9.97 Å². The van der Waals surface area contributed by atoms with Crippen molar-refractivity contribution in [1.29, 1.82) is 0 Å². The summed E-state index contributed by atoms with van der Waals surface area (Å²) in [7, 11) is 0. The Labute approximate surface area is 113 Å². The van der Waals surface area contributed by atoms with Crippen molar-refractivity contribution in [3.05, 3.63) is 32.2 Å². The molecule has 1 aliphatic heterocycles. The van der Waals surface area contributed by atoms with Gasteiger partial charge in [0.2, 0.25) is 5.95 Å². The van der Waals surface area contributed by atoms with Gasteiger partial charge in [-0.25, -0.2) is 0 Å². The Bertz CT molecular complexity index is 678. The number of anilines is 3. The summed E-state index contributed by atoms with van der Waals surface area (Å²) in [6.07, 6.45) is -0.482. The molecule has 0 amide bonds.